The van der Waals surface area contributed by atoms with E-state index < -0.39 is 11.7 Å². The first-order valence-electron chi connectivity index (χ1n) is 8.02. The number of hydrogen-bond donors (Lipinski definition) is 2. The highest BCUT2D eigenvalue weighted by atomic mass is 19.4. The summed E-state index contributed by atoms with van der Waals surface area (Å²) in [5.41, 5.74) is 0.504. The minimum atomic E-state index is -4.45. The summed E-state index contributed by atoms with van der Waals surface area (Å²) in [5.74, 6) is 0.227. The lowest BCUT2D eigenvalue weighted by molar-refractivity contribution is -0.137. The number of aromatic nitrogens is 1. The highest BCUT2D eigenvalue weighted by molar-refractivity contribution is 5.70. The van der Waals surface area contributed by atoms with Gasteiger partial charge in [-0.3, -0.25) is 0 Å². The van der Waals surface area contributed by atoms with Crippen LogP contribution in [0.3, 0.4) is 0 Å². The molecule has 1 heterocycles. The molecule has 0 aliphatic rings. The number of nitrogens with one attached hydrogen (secondary N) is 2. The number of likely N-dealkylation sites (N-methyl/N-ethyl adjacent to an activating group) is 1. The Morgan fingerprint density at radius 3 is 2.36 bits per heavy atom. The Labute approximate surface area is 146 Å². The summed E-state index contributed by atoms with van der Waals surface area (Å²) in [6, 6.07) is 10.4. The van der Waals surface area contributed by atoms with Gasteiger partial charge in [0.15, 0.2) is 0 Å². The molecule has 0 saturated carbocycles. The van der Waals surface area contributed by atoms with Gasteiger partial charge in [0.25, 0.3) is 0 Å². The highest BCUT2D eigenvalue weighted by Gasteiger charge is 2.35. The Bertz CT molecular complexity index is 685. The summed E-state index contributed by atoms with van der Waals surface area (Å²) < 4.78 is 40.4. The topological polar surface area (TPSA) is 40.2 Å². The van der Waals surface area contributed by atoms with Crippen molar-refractivity contribution in [2.75, 3.05) is 37.8 Å². The zero-order chi connectivity index (χ0) is 18.4. The average Bonchev–Trinajstić information content (AvgIpc) is 2.53. The molecule has 2 aromatic rings. The zero-order valence-electron chi connectivity index (χ0n) is 14.6. The molecule has 1 aromatic carbocycles. The highest BCUT2D eigenvalue weighted by Crippen LogP contribution is 2.38. The number of halogens is 3. The number of nitrogens with zero attached hydrogens (tertiary/aromatic N) is 2. The van der Waals surface area contributed by atoms with Crippen LogP contribution in [0.1, 0.15) is 16.8 Å². The normalized spacial score (nSPS) is 11.6. The van der Waals surface area contributed by atoms with Crippen LogP contribution in [0.4, 0.5) is 24.7 Å². The number of benzene rings is 1. The molecule has 25 heavy (non-hydrogen) atoms. The molecular weight excluding hydrogens is 329 g/mol. The molecule has 0 saturated heterocycles. The molecule has 2 rings (SSSR count). The predicted molar refractivity (Wildman–Crippen MR) is 94.8 cm³/mol. The number of aryl methyl sites for hydroxylation is 1. The van der Waals surface area contributed by atoms with Crippen molar-refractivity contribution in [3.8, 4) is 0 Å². The van der Waals surface area contributed by atoms with E-state index in [4.69, 9.17) is 0 Å². The van der Waals surface area contributed by atoms with Gasteiger partial charge in [-0.05, 0) is 32.6 Å². The van der Waals surface area contributed by atoms with Crippen molar-refractivity contribution < 1.29 is 13.2 Å². The number of anilines is 2. The SMILES string of the molecule is Cc1cc(C(F)(F)F)c(NCc2ccccc2)c(NCCN(C)C)n1. The summed E-state index contributed by atoms with van der Waals surface area (Å²) in [7, 11) is 3.81. The Hall–Kier alpha value is -2.28. The first kappa shape index (κ1) is 19.1. The van der Waals surface area contributed by atoms with Crippen molar-refractivity contribution in [1.29, 1.82) is 0 Å². The van der Waals surface area contributed by atoms with Gasteiger partial charge >= 0.3 is 6.18 Å². The molecule has 0 unspecified atom stereocenters. The van der Waals surface area contributed by atoms with E-state index in [1.165, 1.54) is 0 Å². The summed E-state index contributed by atoms with van der Waals surface area (Å²) in [6.45, 7) is 3.04. The van der Waals surface area contributed by atoms with Gasteiger partial charge in [-0.15, -0.1) is 0 Å². The van der Waals surface area contributed by atoms with E-state index >= 15 is 0 Å². The summed E-state index contributed by atoms with van der Waals surface area (Å²) in [5, 5.41) is 5.93. The van der Waals surface area contributed by atoms with Gasteiger partial charge in [0.1, 0.15) is 5.82 Å². The van der Waals surface area contributed by atoms with E-state index in [0.29, 0.717) is 18.8 Å². The van der Waals surface area contributed by atoms with Crippen molar-refractivity contribution in [3.05, 3.63) is 53.2 Å². The van der Waals surface area contributed by atoms with Crippen LogP contribution in [-0.2, 0) is 12.7 Å². The third-order valence-electron chi connectivity index (χ3n) is 3.62. The molecule has 4 nitrogen and oxygen atoms in total. The fourth-order valence-corrected chi connectivity index (χ4v) is 2.39. The van der Waals surface area contributed by atoms with Gasteiger partial charge in [-0.1, -0.05) is 30.3 Å². The maximum absolute atomic E-state index is 13.5. The monoisotopic (exact) mass is 352 g/mol. The molecule has 2 N–H and O–H groups in total. The largest absolute Gasteiger partial charge is 0.418 e. The molecule has 0 bridgehead atoms. The standard InChI is InChI=1S/C18H23F3N4/c1-13-11-15(18(19,20)21)16(17(24-13)22-9-10-25(2)3)23-12-14-7-5-4-6-8-14/h4-8,11,23H,9-10,12H2,1-3H3,(H,22,24). The fourth-order valence-electron chi connectivity index (χ4n) is 2.39. The van der Waals surface area contributed by atoms with Crippen molar-refractivity contribution in [1.82, 2.24) is 9.88 Å². The minimum Gasteiger partial charge on any atom is -0.377 e. The average molecular weight is 352 g/mol. The van der Waals surface area contributed by atoms with Gasteiger partial charge in [0.05, 0.1) is 11.3 Å². The van der Waals surface area contributed by atoms with Crippen LogP contribution in [0.15, 0.2) is 36.4 Å². The Kier molecular flexibility index (Phi) is 6.25. The molecule has 136 valence electrons. The van der Waals surface area contributed by atoms with Crippen molar-refractivity contribution in [2.45, 2.75) is 19.6 Å². The molecule has 0 radical (unpaired) electrons. The first-order chi connectivity index (χ1) is 11.8. The smallest absolute Gasteiger partial charge is 0.377 e. The Morgan fingerprint density at radius 2 is 1.76 bits per heavy atom. The van der Waals surface area contributed by atoms with Crippen LogP contribution in [0.5, 0.6) is 0 Å². The zero-order valence-corrected chi connectivity index (χ0v) is 14.6. The molecule has 0 amide bonds. The van der Waals surface area contributed by atoms with Crippen molar-refractivity contribution in [3.63, 3.8) is 0 Å². The summed E-state index contributed by atoms with van der Waals surface area (Å²) >= 11 is 0. The number of pyridine rings is 1. The molecule has 0 spiro atoms. The van der Waals surface area contributed by atoms with Gasteiger partial charge < -0.3 is 15.5 Å². The van der Waals surface area contributed by atoms with Gasteiger partial charge in [0.2, 0.25) is 0 Å². The van der Waals surface area contributed by atoms with E-state index in [9.17, 15) is 13.2 Å². The molecule has 0 fully saturated rings. The van der Waals surface area contributed by atoms with Crippen molar-refractivity contribution >= 4 is 11.5 Å². The Morgan fingerprint density at radius 1 is 1.08 bits per heavy atom. The van der Waals surface area contributed by atoms with E-state index in [1.54, 1.807) is 6.92 Å². The van der Waals surface area contributed by atoms with Crippen LogP contribution in [0.25, 0.3) is 0 Å². The molecule has 0 aliphatic heterocycles. The maximum Gasteiger partial charge on any atom is 0.418 e. The van der Waals surface area contributed by atoms with E-state index in [-0.39, 0.29) is 18.1 Å². The lowest BCUT2D eigenvalue weighted by atomic mass is 10.1. The van der Waals surface area contributed by atoms with Crippen LogP contribution in [0, 0.1) is 6.92 Å². The van der Waals surface area contributed by atoms with Crippen LogP contribution >= 0.6 is 0 Å². The summed E-state index contributed by atoms with van der Waals surface area (Å²) in [6.07, 6.45) is -4.45. The number of alkyl halides is 3. The van der Waals surface area contributed by atoms with Crippen LogP contribution in [0.2, 0.25) is 0 Å². The number of hydrogen-bond acceptors (Lipinski definition) is 4. The second-order valence-electron chi connectivity index (χ2n) is 6.10. The summed E-state index contributed by atoms with van der Waals surface area (Å²) in [4.78, 5) is 6.21. The van der Waals surface area contributed by atoms with Crippen LogP contribution in [-0.4, -0.2) is 37.1 Å². The predicted octanol–water partition coefficient (Wildman–Crippen LogP) is 3.99. The first-order valence-corrected chi connectivity index (χ1v) is 8.02. The van der Waals surface area contributed by atoms with Crippen LogP contribution < -0.4 is 10.6 Å². The molecule has 0 aliphatic carbocycles. The third kappa shape index (κ3) is 5.63. The van der Waals surface area contributed by atoms with Crippen molar-refractivity contribution in [2.24, 2.45) is 0 Å². The van der Waals surface area contributed by atoms with Gasteiger partial charge in [-0.25, -0.2) is 4.98 Å². The van der Waals surface area contributed by atoms with E-state index in [1.807, 2.05) is 49.3 Å². The van der Waals surface area contributed by atoms with E-state index in [0.717, 1.165) is 11.6 Å². The second kappa shape index (κ2) is 8.20. The maximum atomic E-state index is 13.5. The van der Waals surface area contributed by atoms with E-state index in [2.05, 4.69) is 15.6 Å². The lowest BCUT2D eigenvalue weighted by Crippen LogP contribution is -2.22. The molecular formula is C18H23F3N4. The quantitative estimate of drug-likeness (QED) is 0.790. The number of rotatable bonds is 7. The second-order valence-corrected chi connectivity index (χ2v) is 6.10. The lowest BCUT2D eigenvalue weighted by Gasteiger charge is -2.20. The fraction of sp³-hybridized carbons (Fsp3) is 0.389. The van der Waals surface area contributed by atoms with Gasteiger partial charge in [0, 0.05) is 25.3 Å². The minimum absolute atomic E-state index is 0.0132. The molecule has 1 aromatic heterocycles. The van der Waals surface area contributed by atoms with Gasteiger partial charge in [-0.2, -0.15) is 13.2 Å². The molecule has 0 atom stereocenters. The molecule has 7 heteroatoms. The Balaban J connectivity index is 2.30. The third-order valence-corrected chi connectivity index (χ3v) is 3.62.